The summed E-state index contributed by atoms with van der Waals surface area (Å²) in [6.07, 6.45) is 1.87. The molecule has 0 unspecified atom stereocenters. The molecule has 1 heterocycles. The molecule has 0 saturated carbocycles. The highest BCUT2D eigenvalue weighted by atomic mass is 35.5. The van der Waals surface area contributed by atoms with Crippen molar-refractivity contribution in [2.75, 3.05) is 5.32 Å². The maximum absolute atomic E-state index is 11.9. The van der Waals surface area contributed by atoms with Crippen LogP contribution >= 0.6 is 11.6 Å². The van der Waals surface area contributed by atoms with Crippen molar-refractivity contribution in [3.8, 4) is 0 Å². The van der Waals surface area contributed by atoms with E-state index in [1.165, 1.54) is 0 Å². The van der Waals surface area contributed by atoms with Crippen LogP contribution in [-0.2, 0) is 4.79 Å². The molecule has 0 aromatic heterocycles. The SMILES string of the molecule is O=C1Nc2ccc(Cl)cc2/C1=C\c1ccccc1. The number of halogens is 1. The molecule has 0 fully saturated rings. The first-order valence-corrected chi connectivity index (χ1v) is 6.00. The van der Waals surface area contributed by atoms with Crippen LogP contribution in [0.1, 0.15) is 11.1 Å². The lowest BCUT2D eigenvalue weighted by molar-refractivity contribution is -0.110. The average Bonchev–Trinajstić information content (AvgIpc) is 2.67. The highest BCUT2D eigenvalue weighted by Gasteiger charge is 2.23. The molecule has 1 amide bonds. The molecule has 18 heavy (non-hydrogen) atoms. The van der Waals surface area contributed by atoms with Crippen molar-refractivity contribution in [2.24, 2.45) is 0 Å². The van der Waals surface area contributed by atoms with Crippen LogP contribution in [0.15, 0.2) is 48.5 Å². The number of carbonyl (C=O) groups excluding carboxylic acids is 1. The number of hydrogen-bond donors (Lipinski definition) is 1. The Bertz CT molecular complexity index is 647. The Kier molecular flexibility index (Phi) is 2.65. The van der Waals surface area contributed by atoms with E-state index in [1.807, 2.05) is 48.5 Å². The van der Waals surface area contributed by atoms with Gasteiger partial charge in [0.15, 0.2) is 0 Å². The Balaban J connectivity index is 2.12. The molecule has 88 valence electrons. The van der Waals surface area contributed by atoms with Crippen LogP contribution in [0.2, 0.25) is 5.02 Å². The highest BCUT2D eigenvalue weighted by molar-refractivity contribution is 6.36. The molecule has 3 heteroatoms. The third kappa shape index (κ3) is 1.91. The van der Waals surface area contributed by atoms with Crippen molar-refractivity contribution < 1.29 is 4.79 Å². The predicted molar refractivity (Wildman–Crippen MR) is 74.4 cm³/mol. The average molecular weight is 256 g/mol. The number of hydrogen-bond acceptors (Lipinski definition) is 1. The summed E-state index contributed by atoms with van der Waals surface area (Å²) < 4.78 is 0. The molecule has 0 saturated heterocycles. The monoisotopic (exact) mass is 255 g/mol. The van der Waals surface area contributed by atoms with Crippen molar-refractivity contribution in [1.29, 1.82) is 0 Å². The molecule has 1 aliphatic rings. The summed E-state index contributed by atoms with van der Waals surface area (Å²) in [6, 6.07) is 15.2. The van der Waals surface area contributed by atoms with Gasteiger partial charge in [0.2, 0.25) is 0 Å². The topological polar surface area (TPSA) is 29.1 Å². The van der Waals surface area contributed by atoms with Crippen molar-refractivity contribution in [3.05, 3.63) is 64.7 Å². The number of benzene rings is 2. The zero-order valence-electron chi connectivity index (χ0n) is 9.48. The second kappa shape index (κ2) is 4.31. The van der Waals surface area contributed by atoms with Gasteiger partial charge < -0.3 is 5.32 Å². The van der Waals surface area contributed by atoms with Crippen LogP contribution in [0.3, 0.4) is 0 Å². The maximum Gasteiger partial charge on any atom is 0.256 e. The second-order valence-corrected chi connectivity index (χ2v) is 4.55. The van der Waals surface area contributed by atoms with Crippen molar-refractivity contribution in [2.45, 2.75) is 0 Å². The summed E-state index contributed by atoms with van der Waals surface area (Å²) in [5.74, 6) is -0.0869. The summed E-state index contributed by atoms with van der Waals surface area (Å²) in [4.78, 5) is 11.9. The molecule has 0 atom stereocenters. The van der Waals surface area contributed by atoms with Crippen LogP contribution in [0.5, 0.6) is 0 Å². The van der Waals surface area contributed by atoms with Gasteiger partial charge in [-0.3, -0.25) is 4.79 Å². The number of amides is 1. The first-order valence-electron chi connectivity index (χ1n) is 5.62. The number of fused-ring (bicyclic) bond motifs is 1. The summed E-state index contributed by atoms with van der Waals surface area (Å²) in [5.41, 5.74) is 3.32. The van der Waals surface area contributed by atoms with Gasteiger partial charge in [0.05, 0.1) is 0 Å². The molecule has 1 N–H and O–H groups in total. The largest absolute Gasteiger partial charge is 0.321 e. The first kappa shape index (κ1) is 11.1. The van der Waals surface area contributed by atoms with Crippen LogP contribution in [0.4, 0.5) is 5.69 Å². The van der Waals surface area contributed by atoms with Crippen LogP contribution < -0.4 is 5.32 Å². The Morgan fingerprint density at radius 3 is 2.61 bits per heavy atom. The molecule has 0 spiro atoms. The molecular formula is C15H10ClNO. The third-order valence-electron chi connectivity index (χ3n) is 2.88. The number of carbonyl (C=O) groups is 1. The van der Waals surface area contributed by atoms with E-state index in [2.05, 4.69) is 5.32 Å². The molecule has 0 bridgehead atoms. The fraction of sp³-hybridized carbons (Fsp3) is 0. The fourth-order valence-electron chi connectivity index (χ4n) is 2.02. The molecule has 1 aliphatic heterocycles. The van der Waals surface area contributed by atoms with Crippen LogP contribution in [0.25, 0.3) is 11.6 Å². The summed E-state index contributed by atoms with van der Waals surface area (Å²) in [6.45, 7) is 0. The Morgan fingerprint density at radius 1 is 1.06 bits per heavy atom. The lowest BCUT2D eigenvalue weighted by Gasteiger charge is -1.99. The third-order valence-corrected chi connectivity index (χ3v) is 3.11. The molecule has 2 nitrogen and oxygen atoms in total. The van der Waals surface area contributed by atoms with Gasteiger partial charge in [-0.05, 0) is 29.8 Å². The van der Waals surface area contributed by atoms with Gasteiger partial charge in [-0.15, -0.1) is 0 Å². The Morgan fingerprint density at radius 2 is 1.83 bits per heavy atom. The van der Waals surface area contributed by atoms with Crippen molar-refractivity contribution in [3.63, 3.8) is 0 Å². The number of nitrogens with one attached hydrogen (secondary N) is 1. The van der Waals surface area contributed by atoms with Gasteiger partial charge in [0.25, 0.3) is 5.91 Å². The van der Waals surface area contributed by atoms with Crippen LogP contribution in [0, 0.1) is 0 Å². The quantitative estimate of drug-likeness (QED) is 0.771. The van der Waals surface area contributed by atoms with Gasteiger partial charge in [-0.1, -0.05) is 41.9 Å². The zero-order chi connectivity index (χ0) is 12.5. The summed E-state index contributed by atoms with van der Waals surface area (Å²) in [7, 11) is 0. The molecule has 0 radical (unpaired) electrons. The molecule has 3 rings (SSSR count). The zero-order valence-corrected chi connectivity index (χ0v) is 10.2. The van der Waals surface area contributed by atoms with E-state index < -0.39 is 0 Å². The fourth-order valence-corrected chi connectivity index (χ4v) is 2.19. The van der Waals surface area contributed by atoms with Crippen LogP contribution in [-0.4, -0.2) is 5.91 Å². The number of anilines is 1. The van der Waals surface area contributed by atoms with E-state index in [9.17, 15) is 4.79 Å². The minimum atomic E-state index is -0.0869. The minimum absolute atomic E-state index is 0.0869. The van der Waals surface area contributed by atoms with Gasteiger partial charge >= 0.3 is 0 Å². The van der Waals surface area contributed by atoms with Gasteiger partial charge in [0.1, 0.15) is 0 Å². The first-order chi connectivity index (χ1) is 8.74. The lowest BCUT2D eigenvalue weighted by Crippen LogP contribution is -2.03. The molecular weight excluding hydrogens is 246 g/mol. The second-order valence-electron chi connectivity index (χ2n) is 4.11. The Labute approximate surface area is 110 Å². The lowest BCUT2D eigenvalue weighted by atomic mass is 10.0. The predicted octanol–water partition coefficient (Wildman–Crippen LogP) is 3.83. The molecule has 2 aromatic carbocycles. The standard InChI is InChI=1S/C15H10ClNO/c16-11-6-7-14-12(9-11)13(15(18)17-14)8-10-4-2-1-3-5-10/h1-9H,(H,17,18)/b13-8+. The van der Waals surface area contributed by atoms with Gasteiger partial charge in [-0.2, -0.15) is 0 Å². The van der Waals surface area contributed by atoms with E-state index >= 15 is 0 Å². The molecule has 2 aromatic rings. The van der Waals surface area contributed by atoms with E-state index in [0.29, 0.717) is 10.6 Å². The summed E-state index contributed by atoms with van der Waals surface area (Å²) in [5, 5.41) is 3.46. The van der Waals surface area contributed by atoms with E-state index in [-0.39, 0.29) is 5.91 Å². The van der Waals surface area contributed by atoms with E-state index in [4.69, 9.17) is 11.6 Å². The summed E-state index contributed by atoms with van der Waals surface area (Å²) >= 11 is 5.97. The van der Waals surface area contributed by atoms with E-state index in [1.54, 1.807) is 6.07 Å². The maximum atomic E-state index is 11.9. The van der Waals surface area contributed by atoms with Gasteiger partial charge in [0, 0.05) is 21.8 Å². The van der Waals surface area contributed by atoms with Gasteiger partial charge in [-0.25, -0.2) is 0 Å². The highest BCUT2D eigenvalue weighted by Crippen LogP contribution is 2.34. The normalized spacial score (nSPS) is 15.6. The van der Waals surface area contributed by atoms with E-state index in [0.717, 1.165) is 16.8 Å². The minimum Gasteiger partial charge on any atom is -0.321 e. The molecule has 0 aliphatic carbocycles. The number of rotatable bonds is 1. The van der Waals surface area contributed by atoms with Crippen molar-refractivity contribution in [1.82, 2.24) is 0 Å². The van der Waals surface area contributed by atoms with Crippen molar-refractivity contribution >= 4 is 34.8 Å². The Hall–Kier alpha value is -2.06. The smallest absolute Gasteiger partial charge is 0.256 e.